The van der Waals surface area contributed by atoms with Crippen LogP contribution in [0.15, 0.2) is 42.5 Å². The Balaban J connectivity index is 2.22. The zero-order chi connectivity index (χ0) is 22.3. The number of nitrogens with one attached hydrogen (secondary N) is 1. The van der Waals surface area contributed by atoms with E-state index in [-0.39, 0.29) is 18.4 Å². The average molecular weight is 449 g/mol. The maximum atomic E-state index is 13.2. The summed E-state index contributed by atoms with van der Waals surface area (Å²) in [5, 5.41) is 3.62. The van der Waals surface area contributed by atoms with Crippen LogP contribution in [-0.4, -0.2) is 29.8 Å². The Kier molecular flexibility index (Phi) is 9.19. The number of likely N-dealkylation sites (N-methyl/N-ethyl adjacent to an activating group) is 1. The summed E-state index contributed by atoms with van der Waals surface area (Å²) in [6, 6.07) is 13.0. The Morgan fingerprint density at radius 1 is 1.03 bits per heavy atom. The molecular formula is C24H30Cl2N2O2. The zero-order valence-corrected chi connectivity index (χ0v) is 19.6. The first-order chi connectivity index (χ1) is 14.3. The van der Waals surface area contributed by atoms with Gasteiger partial charge in [-0.15, -0.1) is 0 Å². The number of amides is 2. The Bertz CT molecular complexity index is 846. The number of halogens is 2. The summed E-state index contributed by atoms with van der Waals surface area (Å²) in [6.45, 7) is 6.38. The number of hydrogen-bond donors (Lipinski definition) is 1. The van der Waals surface area contributed by atoms with E-state index in [1.54, 1.807) is 30.1 Å². The van der Waals surface area contributed by atoms with Crippen molar-refractivity contribution in [1.29, 1.82) is 0 Å². The molecule has 2 rings (SSSR count). The summed E-state index contributed by atoms with van der Waals surface area (Å²) >= 11 is 12.7. The molecule has 1 N–H and O–H groups in total. The molecule has 0 aliphatic carbocycles. The van der Waals surface area contributed by atoms with Gasteiger partial charge in [-0.3, -0.25) is 9.59 Å². The van der Waals surface area contributed by atoms with Gasteiger partial charge in [-0.1, -0.05) is 74.3 Å². The van der Waals surface area contributed by atoms with Crippen LogP contribution in [0.1, 0.15) is 56.2 Å². The molecule has 0 aromatic heterocycles. The lowest BCUT2D eigenvalue weighted by Crippen LogP contribution is -2.48. The maximum Gasteiger partial charge on any atom is 0.242 e. The number of benzene rings is 2. The second kappa shape index (κ2) is 11.4. The van der Waals surface area contributed by atoms with Crippen molar-refractivity contribution in [3.8, 4) is 0 Å². The van der Waals surface area contributed by atoms with E-state index in [0.717, 1.165) is 5.56 Å². The molecule has 2 amide bonds. The van der Waals surface area contributed by atoms with E-state index >= 15 is 0 Å². The summed E-state index contributed by atoms with van der Waals surface area (Å²) < 4.78 is 0. The van der Waals surface area contributed by atoms with Crippen molar-refractivity contribution >= 4 is 35.0 Å². The quantitative estimate of drug-likeness (QED) is 0.542. The molecule has 0 heterocycles. The topological polar surface area (TPSA) is 49.4 Å². The van der Waals surface area contributed by atoms with Gasteiger partial charge in [0.15, 0.2) is 0 Å². The number of nitrogens with zero attached hydrogens (tertiary/aromatic N) is 1. The second-order valence-corrected chi connectivity index (χ2v) is 8.47. The molecule has 1 unspecified atom stereocenters. The molecule has 4 nitrogen and oxygen atoms in total. The maximum absolute atomic E-state index is 13.2. The Morgan fingerprint density at radius 3 is 2.13 bits per heavy atom. The second-order valence-electron chi connectivity index (χ2n) is 7.66. The van der Waals surface area contributed by atoms with Gasteiger partial charge in [0, 0.05) is 35.6 Å². The van der Waals surface area contributed by atoms with Crippen LogP contribution >= 0.6 is 23.2 Å². The fourth-order valence-corrected chi connectivity index (χ4v) is 3.92. The monoisotopic (exact) mass is 448 g/mol. The van der Waals surface area contributed by atoms with Gasteiger partial charge < -0.3 is 10.2 Å². The van der Waals surface area contributed by atoms with Crippen LogP contribution < -0.4 is 5.32 Å². The fourth-order valence-electron chi connectivity index (χ4n) is 3.40. The Labute approximate surface area is 189 Å². The number of carbonyl (C=O) groups is 2. The lowest BCUT2D eigenvalue weighted by molar-refractivity contribution is -0.141. The van der Waals surface area contributed by atoms with Crippen LogP contribution in [0.4, 0.5) is 0 Å². The molecule has 0 saturated carbocycles. The minimum atomic E-state index is -0.585. The van der Waals surface area contributed by atoms with Gasteiger partial charge in [-0.2, -0.15) is 0 Å². The molecule has 0 bridgehead atoms. The lowest BCUT2D eigenvalue weighted by atomic mass is 10.00. The van der Waals surface area contributed by atoms with Gasteiger partial charge in [0.1, 0.15) is 6.04 Å². The fraction of sp³-hybridized carbons (Fsp3) is 0.417. The minimum Gasteiger partial charge on any atom is -0.357 e. The van der Waals surface area contributed by atoms with Crippen molar-refractivity contribution < 1.29 is 9.59 Å². The van der Waals surface area contributed by atoms with E-state index in [0.29, 0.717) is 40.8 Å². The number of rotatable bonds is 9. The molecule has 0 aliphatic rings. The van der Waals surface area contributed by atoms with Gasteiger partial charge in [-0.05, 0) is 42.0 Å². The molecule has 6 heteroatoms. The van der Waals surface area contributed by atoms with Crippen LogP contribution in [0.3, 0.4) is 0 Å². The van der Waals surface area contributed by atoms with Crippen molar-refractivity contribution in [2.75, 3.05) is 7.05 Å². The average Bonchev–Trinajstić information content (AvgIpc) is 2.73. The smallest absolute Gasteiger partial charge is 0.242 e. The highest BCUT2D eigenvalue weighted by atomic mass is 35.5. The third kappa shape index (κ3) is 6.23. The highest BCUT2D eigenvalue weighted by Crippen LogP contribution is 2.27. The minimum absolute atomic E-state index is 0.102. The first-order valence-corrected chi connectivity index (χ1v) is 11.1. The van der Waals surface area contributed by atoms with Gasteiger partial charge >= 0.3 is 0 Å². The summed E-state index contributed by atoms with van der Waals surface area (Å²) in [4.78, 5) is 27.2. The first-order valence-electron chi connectivity index (χ1n) is 10.3. The van der Waals surface area contributed by atoms with Gasteiger partial charge in [0.2, 0.25) is 11.8 Å². The van der Waals surface area contributed by atoms with E-state index < -0.39 is 6.04 Å². The highest BCUT2D eigenvalue weighted by Gasteiger charge is 2.28. The molecule has 2 aromatic rings. The Morgan fingerprint density at radius 2 is 1.63 bits per heavy atom. The molecule has 162 valence electrons. The summed E-state index contributed by atoms with van der Waals surface area (Å²) in [6.07, 6.45) is 1.40. The number of hydrogen-bond acceptors (Lipinski definition) is 2. The van der Waals surface area contributed by atoms with Gasteiger partial charge in [0.05, 0.1) is 0 Å². The third-order valence-electron chi connectivity index (χ3n) is 5.30. The van der Waals surface area contributed by atoms with Crippen LogP contribution in [0.25, 0.3) is 0 Å². The summed E-state index contributed by atoms with van der Waals surface area (Å²) in [5.74, 6) is 0.166. The molecule has 1 atom stereocenters. The van der Waals surface area contributed by atoms with Crippen molar-refractivity contribution in [3.63, 3.8) is 0 Å². The highest BCUT2D eigenvalue weighted by molar-refractivity contribution is 6.36. The number of carbonyl (C=O) groups excluding carboxylic acids is 2. The molecule has 0 fully saturated rings. The molecular weight excluding hydrogens is 419 g/mol. The number of aryl methyl sites for hydroxylation is 1. The van der Waals surface area contributed by atoms with E-state index in [9.17, 15) is 9.59 Å². The van der Waals surface area contributed by atoms with Gasteiger partial charge in [-0.25, -0.2) is 0 Å². The summed E-state index contributed by atoms with van der Waals surface area (Å²) in [7, 11) is 1.58. The van der Waals surface area contributed by atoms with Crippen molar-refractivity contribution in [3.05, 3.63) is 69.2 Å². The predicted octanol–water partition coefficient (Wildman–Crippen LogP) is 5.60. The standard InChI is InChI=1S/C24H30Cl2N2O2/c1-5-22(24(30)27-4)28(15-19-20(25)7-6-8-21(19)26)23(29)14-11-17-9-12-18(13-10-17)16(2)3/h6-10,12-13,16,22H,5,11,14-15H2,1-4H3,(H,27,30). The lowest BCUT2D eigenvalue weighted by Gasteiger charge is -2.31. The van der Waals surface area contributed by atoms with Gasteiger partial charge in [0.25, 0.3) is 0 Å². The summed E-state index contributed by atoms with van der Waals surface area (Å²) in [5.41, 5.74) is 3.01. The normalized spacial score (nSPS) is 12.0. The van der Waals surface area contributed by atoms with E-state index in [1.165, 1.54) is 5.56 Å². The van der Waals surface area contributed by atoms with Crippen molar-refractivity contribution in [1.82, 2.24) is 10.2 Å². The van der Waals surface area contributed by atoms with Crippen molar-refractivity contribution in [2.24, 2.45) is 0 Å². The first kappa shape index (κ1) is 24.2. The molecule has 30 heavy (non-hydrogen) atoms. The van der Waals surface area contributed by atoms with E-state index in [1.807, 2.05) is 6.92 Å². The van der Waals surface area contributed by atoms with E-state index in [2.05, 4.69) is 43.4 Å². The third-order valence-corrected chi connectivity index (χ3v) is 6.00. The van der Waals surface area contributed by atoms with Crippen LogP contribution in [-0.2, 0) is 22.6 Å². The molecule has 0 spiro atoms. The van der Waals surface area contributed by atoms with Crippen LogP contribution in [0.2, 0.25) is 10.0 Å². The molecule has 0 radical (unpaired) electrons. The Hall–Kier alpha value is -2.04. The zero-order valence-electron chi connectivity index (χ0n) is 18.0. The largest absolute Gasteiger partial charge is 0.357 e. The van der Waals surface area contributed by atoms with Crippen LogP contribution in [0, 0.1) is 0 Å². The predicted molar refractivity (Wildman–Crippen MR) is 124 cm³/mol. The van der Waals surface area contributed by atoms with Crippen molar-refractivity contribution in [2.45, 2.75) is 58.5 Å². The molecule has 2 aromatic carbocycles. The molecule has 0 aliphatic heterocycles. The SMILES string of the molecule is CCC(C(=O)NC)N(Cc1c(Cl)cccc1Cl)C(=O)CCc1ccc(C(C)C)cc1. The van der Waals surface area contributed by atoms with E-state index in [4.69, 9.17) is 23.2 Å². The van der Waals surface area contributed by atoms with Crippen LogP contribution in [0.5, 0.6) is 0 Å². The molecule has 0 saturated heterocycles.